The number of rotatable bonds is 3. The molecule has 0 aromatic heterocycles. The number of methoxy groups -OCH3 is 1. The number of benzene rings is 1. The molecule has 9 heteroatoms. The van der Waals surface area contributed by atoms with E-state index in [-0.39, 0.29) is 22.0 Å². The third-order valence-electron chi connectivity index (χ3n) is 5.39. The molecule has 2 aliphatic rings. The van der Waals surface area contributed by atoms with Crippen LogP contribution in [0.5, 0.6) is 0 Å². The number of sulfonamides is 1. The van der Waals surface area contributed by atoms with Crippen LogP contribution in [-0.4, -0.2) is 68.6 Å². The van der Waals surface area contributed by atoms with Gasteiger partial charge in [0.05, 0.1) is 17.6 Å². The third-order valence-corrected chi connectivity index (χ3v) is 7.18. The van der Waals surface area contributed by atoms with Crippen molar-refractivity contribution in [2.45, 2.75) is 44.1 Å². The van der Waals surface area contributed by atoms with Crippen LogP contribution in [0, 0.1) is 5.41 Å². The van der Waals surface area contributed by atoms with Gasteiger partial charge in [-0.1, -0.05) is 6.07 Å². The molecular weight excluding hydrogens is 396 g/mol. The molecule has 2 aliphatic heterocycles. The number of nitrogens with zero attached hydrogens (tertiary/aromatic N) is 2. The van der Waals surface area contributed by atoms with Gasteiger partial charge in [-0.2, -0.15) is 4.31 Å². The maximum atomic E-state index is 12.9. The maximum Gasteiger partial charge on any atom is 0.410 e. The summed E-state index contributed by atoms with van der Waals surface area (Å²) in [7, 11) is -2.42. The molecule has 0 N–H and O–H groups in total. The number of carbonyl (C=O) groups excluding carboxylic acids is 2. The first-order chi connectivity index (χ1) is 13.5. The lowest BCUT2D eigenvalue weighted by Crippen LogP contribution is -2.62. The summed E-state index contributed by atoms with van der Waals surface area (Å²) in [6, 6.07) is 5.89. The highest BCUT2D eigenvalue weighted by atomic mass is 32.2. The molecule has 0 unspecified atom stereocenters. The zero-order valence-corrected chi connectivity index (χ0v) is 18.1. The zero-order valence-electron chi connectivity index (χ0n) is 17.3. The number of amides is 1. The van der Waals surface area contributed by atoms with Gasteiger partial charge in [-0.3, -0.25) is 0 Å². The Morgan fingerprint density at radius 2 is 1.72 bits per heavy atom. The molecule has 1 spiro atoms. The fourth-order valence-electron chi connectivity index (χ4n) is 3.73. The molecule has 0 atom stereocenters. The summed E-state index contributed by atoms with van der Waals surface area (Å²) in [6.07, 6.45) is 1.15. The standard InChI is InChI=1S/C20H28N2O6S/c1-19(2,3)28-18(24)21-10-8-20(9-11-21)13-22(14-20)29(25,26)16-7-5-6-15(12-16)17(23)27-4/h5-7,12H,8-11,13-14H2,1-4H3. The molecule has 160 valence electrons. The molecular formula is C20H28N2O6S. The van der Waals surface area contributed by atoms with Crippen LogP contribution in [0.2, 0.25) is 0 Å². The van der Waals surface area contributed by atoms with Crippen molar-refractivity contribution < 1.29 is 27.5 Å². The van der Waals surface area contributed by atoms with Crippen molar-refractivity contribution >= 4 is 22.1 Å². The van der Waals surface area contributed by atoms with Gasteiger partial charge in [-0.25, -0.2) is 18.0 Å². The van der Waals surface area contributed by atoms with Gasteiger partial charge in [0.15, 0.2) is 0 Å². The van der Waals surface area contributed by atoms with Gasteiger partial charge >= 0.3 is 12.1 Å². The monoisotopic (exact) mass is 424 g/mol. The Kier molecular flexibility index (Phi) is 5.66. The smallest absolute Gasteiger partial charge is 0.410 e. The first-order valence-corrected chi connectivity index (χ1v) is 11.1. The minimum atomic E-state index is -3.68. The second-order valence-electron chi connectivity index (χ2n) is 8.76. The predicted molar refractivity (Wildman–Crippen MR) is 106 cm³/mol. The van der Waals surface area contributed by atoms with Gasteiger partial charge in [0.1, 0.15) is 5.60 Å². The van der Waals surface area contributed by atoms with Crippen LogP contribution in [0.15, 0.2) is 29.2 Å². The summed E-state index contributed by atoms with van der Waals surface area (Å²) in [5, 5.41) is 0. The highest BCUT2D eigenvalue weighted by Crippen LogP contribution is 2.43. The Morgan fingerprint density at radius 3 is 2.28 bits per heavy atom. The lowest BCUT2D eigenvalue weighted by molar-refractivity contribution is -0.0189. The second kappa shape index (κ2) is 7.60. The molecule has 1 aromatic carbocycles. The summed E-state index contributed by atoms with van der Waals surface area (Å²) < 4.78 is 37.4. The quantitative estimate of drug-likeness (QED) is 0.692. The highest BCUT2D eigenvalue weighted by Gasteiger charge is 2.50. The lowest BCUT2D eigenvalue weighted by Gasteiger charge is -2.52. The minimum absolute atomic E-state index is 0.0847. The SMILES string of the molecule is COC(=O)c1cccc(S(=O)(=O)N2CC3(CCN(C(=O)OC(C)(C)C)CC3)C2)c1. The van der Waals surface area contributed by atoms with E-state index in [1.54, 1.807) is 4.90 Å². The summed E-state index contributed by atoms with van der Waals surface area (Å²) in [5.41, 5.74) is -0.438. The maximum absolute atomic E-state index is 12.9. The summed E-state index contributed by atoms with van der Waals surface area (Å²) in [5.74, 6) is -0.573. The Morgan fingerprint density at radius 1 is 1.10 bits per heavy atom. The van der Waals surface area contributed by atoms with Gasteiger partial charge in [-0.05, 0) is 51.8 Å². The predicted octanol–water partition coefficient (Wildman–Crippen LogP) is 2.49. The van der Waals surface area contributed by atoms with Gasteiger partial charge in [0, 0.05) is 31.6 Å². The van der Waals surface area contributed by atoms with Crippen molar-refractivity contribution in [3.8, 4) is 0 Å². The molecule has 0 aliphatic carbocycles. The first-order valence-electron chi connectivity index (χ1n) is 9.62. The first kappa shape index (κ1) is 21.6. The van der Waals surface area contributed by atoms with E-state index in [0.29, 0.717) is 26.2 Å². The van der Waals surface area contributed by atoms with Crippen molar-refractivity contribution in [3.05, 3.63) is 29.8 Å². The van der Waals surface area contributed by atoms with E-state index in [1.807, 2.05) is 20.8 Å². The molecule has 0 saturated carbocycles. The largest absolute Gasteiger partial charge is 0.465 e. The van der Waals surface area contributed by atoms with Crippen molar-refractivity contribution in [1.82, 2.24) is 9.21 Å². The Balaban J connectivity index is 1.61. The molecule has 8 nitrogen and oxygen atoms in total. The van der Waals surface area contributed by atoms with Gasteiger partial charge < -0.3 is 14.4 Å². The number of ether oxygens (including phenoxy) is 2. The molecule has 0 bridgehead atoms. The van der Waals surface area contributed by atoms with Crippen LogP contribution < -0.4 is 0 Å². The minimum Gasteiger partial charge on any atom is -0.465 e. The van der Waals surface area contributed by atoms with Crippen LogP contribution in [0.1, 0.15) is 44.0 Å². The number of esters is 1. The van der Waals surface area contributed by atoms with Crippen molar-refractivity contribution in [1.29, 1.82) is 0 Å². The fraction of sp³-hybridized carbons (Fsp3) is 0.600. The number of hydrogen-bond donors (Lipinski definition) is 0. The lowest BCUT2D eigenvalue weighted by atomic mass is 9.73. The van der Waals surface area contributed by atoms with E-state index in [1.165, 1.54) is 35.7 Å². The number of piperidine rings is 1. The van der Waals surface area contributed by atoms with Crippen LogP contribution in [0.3, 0.4) is 0 Å². The second-order valence-corrected chi connectivity index (χ2v) is 10.7. The molecule has 1 aromatic rings. The van der Waals surface area contributed by atoms with E-state index in [2.05, 4.69) is 4.74 Å². The Labute approximate surface area is 171 Å². The number of likely N-dealkylation sites (tertiary alicyclic amines) is 1. The average molecular weight is 425 g/mol. The molecule has 0 radical (unpaired) electrons. The Bertz CT molecular complexity index is 890. The van der Waals surface area contributed by atoms with Crippen LogP contribution >= 0.6 is 0 Å². The average Bonchev–Trinajstić information content (AvgIpc) is 2.64. The van der Waals surface area contributed by atoms with E-state index in [9.17, 15) is 18.0 Å². The molecule has 2 fully saturated rings. The normalized spacial score (nSPS) is 19.5. The van der Waals surface area contributed by atoms with Crippen LogP contribution in [-0.2, 0) is 19.5 Å². The van der Waals surface area contributed by atoms with Gasteiger partial charge in [0.25, 0.3) is 0 Å². The topological polar surface area (TPSA) is 93.2 Å². The highest BCUT2D eigenvalue weighted by molar-refractivity contribution is 7.89. The van der Waals surface area contributed by atoms with E-state index < -0.39 is 21.6 Å². The molecule has 3 rings (SSSR count). The Hall–Kier alpha value is -2.13. The number of carbonyl (C=O) groups is 2. The zero-order chi connectivity index (χ0) is 21.4. The van der Waals surface area contributed by atoms with Gasteiger partial charge in [-0.15, -0.1) is 0 Å². The summed E-state index contributed by atoms with van der Waals surface area (Å²) in [4.78, 5) is 25.7. The third kappa shape index (κ3) is 4.56. The van der Waals surface area contributed by atoms with Gasteiger partial charge in [0.2, 0.25) is 10.0 Å². The molecule has 29 heavy (non-hydrogen) atoms. The summed E-state index contributed by atoms with van der Waals surface area (Å²) >= 11 is 0. The van der Waals surface area contributed by atoms with E-state index >= 15 is 0 Å². The van der Waals surface area contributed by atoms with Crippen molar-refractivity contribution in [2.75, 3.05) is 33.3 Å². The molecule has 2 saturated heterocycles. The molecule has 2 heterocycles. The van der Waals surface area contributed by atoms with Crippen LogP contribution in [0.25, 0.3) is 0 Å². The number of hydrogen-bond acceptors (Lipinski definition) is 6. The van der Waals surface area contributed by atoms with Crippen LogP contribution in [0.4, 0.5) is 4.79 Å². The molecule has 1 amide bonds. The fourth-order valence-corrected chi connectivity index (χ4v) is 5.44. The van der Waals surface area contributed by atoms with E-state index in [4.69, 9.17) is 4.74 Å². The van der Waals surface area contributed by atoms with Crippen molar-refractivity contribution in [2.24, 2.45) is 5.41 Å². The van der Waals surface area contributed by atoms with Crippen molar-refractivity contribution in [3.63, 3.8) is 0 Å². The summed E-state index contributed by atoms with van der Waals surface area (Å²) in [6.45, 7) is 7.45. The van der Waals surface area contributed by atoms with E-state index in [0.717, 1.165) is 12.8 Å².